The molecular weight excluding hydrogens is 418 g/mol. The molecule has 0 unspecified atom stereocenters. The first-order valence-corrected chi connectivity index (χ1v) is 11.7. The number of phenolic OH excluding ortho intramolecular Hbond substituents is 1. The van der Waals surface area contributed by atoms with Crippen molar-refractivity contribution in [3.63, 3.8) is 0 Å². The third-order valence-electron chi connectivity index (χ3n) is 5.40. The van der Waals surface area contributed by atoms with Crippen molar-refractivity contribution in [2.75, 3.05) is 17.2 Å². The largest absolute Gasteiger partial charge is 0.508 e. The highest BCUT2D eigenvalue weighted by molar-refractivity contribution is 7.89. The van der Waals surface area contributed by atoms with Crippen molar-refractivity contribution < 1.29 is 23.1 Å². The third kappa shape index (κ3) is 6.53. The summed E-state index contributed by atoms with van der Waals surface area (Å²) in [6.45, 7) is 1.71. The van der Waals surface area contributed by atoms with Gasteiger partial charge in [-0.15, -0.1) is 0 Å². The molecule has 1 aliphatic carbocycles. The van der Waals surface area contributed by atoms with Crippen LogP contribution >= 0.6 is 0 Å². The molecule has 0 bridgehead atoms. The van der Waals surface area contributed by atoms with E-state index in [0.717, 1.165) is 12.8 Å². The molecule has 166 valence electrons. The Hall–Kier alpha value is -2.91. The van der Waals surface area contributed by atoms with Crippen LogP contribution in [-0.4, -0.2) is 31.9 Å². The highest BCUT2D eigenvalue weighted by atomic mass is 32.2. The van der Waals surface area contributed by atoms with Crippen LogP contribution in [0.4, 0.5) is 11.4 Å². The zero-order chi connectivity index (χ0) is 22.4. The lowest BCUT2D eigenvalue weighted by Gasteiger charge is -2.27. The van der Waals surface area contributed by atoms with Gasteiger partial charge in [-0.2, -0.15) is 0 Å². The number of carbonyl (C=O) groups is 2. The van der Waals surface area contributed by atoms with E-state index < -0.39 is 10.0 Å². The first-order valence-electron chi connectivity index (χ1n) is 10.2. The Morgan fingerprint density at radius 1 is 0.903 bits per heavy atom. The summed E-state index contributed by atoms with van der Waals surface area (Å²) >= 11 is 0. The van der Waals surface area contributed by atoms with E-state index in [1.807, 2.05) is 0 Å². The summed E-state index contributed by atoms with van der Waals surface area (Å²) in [4.78, 5) is 23.7. The summed E-state index contributed by atoms with van der Waals surface area (Å²) < 4.78 is 27.7. The Bertz CT molecular complexity index is 1010. The number of aromatic hydroxyl groups is 1. The Balaban J connectivity index is 1.46. The summed E-state index contributed by atoms with van der Waals surface area (Å²) in [5.74, 6) is -0.0659. The van der Waals surface area contributed by atoms with Gasteiger partial charge in [0, 0.05) is 30.8 Å². The zero-order valence-corrected chi connectivity index (χ0v) is 18.1. The highest BCUT2D eigenvalue weighted by Gasteiger charge is 2.27. The summed E-state index contributed by atoms with van der Waals surface area (Å²) in [5, 5.41) is 14.8. The predicted molar refractivity (Wildman–Crippen MR) is 118 cm³/mol. The fourth-order valence-electron chi connectivity index (χ4n) is 3.65. The number of nitrogens with one attached hydrogen (secondary N) is 3. The van der Waals surface area contributed by atoms with Gasteiger partial charge in [0.15, 0.2) is 0 Å². The smallest absolute Gasteiger partial charge is 0.240 e. The molecule has 0 aromatic heterocycles. The summed E-state index contributed by atoms with van der Waals surface area (Å²) in [6, 6.07) is 12.4. The number of sulfonamides is 1. The molecule has 1 fully saturated rings. The van der Waals surface area contributed by atoms with E-state index in [2.05, 4.69) is 15.4 Å². The molecular formula is C22H27N3O5S. The molecule has 0 radical (unpaired) electrons. The number of hydrogen-bond acceptors (Lipinski definition) is 5. The molecule has 0 spiro atoms. The van der Waals surface area contributed by atoms with Gasteiger partial charge < -0.3 is 15.7 Å². The van der Waals surface area contributed by atoms with E-state index >= 15 is 0 Å². The maximum Gasteiger partial charge on any atom is 0.240 e. The van der Waals surface area contributed by atoms with E-state index in [4.69, 9.17) is 0 Å². The molecule has 8 nitrogen and oxygen atoms in total. The van der Waals surface area contributed by atoms with Crippen molar-refractivity contribution in [3.05, 3.63) is 48.5 Å². The molecule has 4 N–H and O–H groups in total. The monoisotopic (exact) mass is 445 g/mol. The quantitative estimate of drug-likeness (QED) is 0.488. The lowest BCUT2D eigenvalue weighted by atomic mass is 9.81. The normalized spacial score (nSPS) is 18.9. The van der Waals surface area contributed by atoms with Crippen LogP contribution < -0.4 is 15.4 Å². The van der Waals surface area contributed by atoms with Gasteiger partial charge in [-0.05, 0) is 80.1 Å². The topological polar surface area (TPSA) is 125 Å². The molecule has 0 atom stereocenters. The number of hydrogen-bond donors (Lipinski definition) is 4. The van der Waals surface area contributed by atoms with Crippen molar-refractivity contribution >= 4 is 33.2 Å². The van der Waals surface area contributed by atoms with E-state index in [0.29, 0.717) is 30.8 Å². The van der Waals surface area contributed by atoms with Gasteiger partial charge >= 0.3 is 0 Å². The van der Waals surface area contributed by atoms with Crippen LogP contribution in [0.3, 0.4) is 0 Å². The Morgan fingerprint density at radius 3 is 2.03 bits per heavy atom. The van der Waals surface area contributed by atoms with E-state index in [1.165, 1.54) is 31.2 Å². The second-order valence-corrected chi connectivity index (χ2v) is 9.58. The maximum absolute atomic E-state index is 12.5. The Labute approximate surface area is 182 Å². The van der Waals surface area contributed by atoms with E-state index in [9.17, 15) is 23.1 Å². The van der Waals surface area contributed by atoms with Crippen LogP contribution in [0, 0.1) is 11.8 Å². The van der Waals surface area contributed by atoms with Gasteiger partial charge in [-0.3, -0.25) is 9.59 Å². The number of phenols is 1. The minimum absolute atomic E-state index is 0.0519. The molecule has 3 rings (SSSR count). The van der Waals surface area contributed by atoms with Gasteiger partial charge in [-0.25, -0.2) is 13.1 Å². The van der Waals surface area contributed by atoms with Crippen molar-refractivity contribution in [2.45, 2.75) is 37.5 Å². The average Bonchev–Trinajstić information content (AvgIpc) is 2.74. The summed E-state index contributed by atoms with van der Waals surface area (Å²) in [5.41, 5.74) is 1.18. The number of benzene rings is 2. The molecule has 2 amide bonds. The van der Waals surface area contributed by atoms with Gasteiger partial charge in [0.05, 0.1) is 4.90 Å². The molecule has 31 heavy (non-hydrogen) atoms. The third-order valence-corrected chi connectivity index (χ3v) is 6.84. The van der Waals surface area contributed by atoms with Crippen LogP contribution in [0.15, 0.2) is 53.4 Å². The molecule has 0 aliphatic heterocycles. The molecule has 1 saturated carbocycles. The first-order chi connectivity index (χ1) is 14.7. The van der Waals surface area contributed by atoms with Crippen molar-refractivity contribution in [1.82, 2.24) is 4.72 Å². The number of amides is 2. The standard InChI is InChI=1S/C22H27N3O5S/c1-15(26)24-18-8-12-21(13-9-18)31(29,30)23-14-16-2-4-17(5-3-16)22(28)25-19-6-10-20(27)11-7-19/h6-13,16-17,23,27H,2-5,14H2,1H3,(H,24,26)(H,25,28). The van der Waals surface area contributed by atoms with Crippen LogP contribution in [-0.2, 0) is 19.6 Å². The number of carbonyl (C=O) groups excluding carboxylic acids is 2. The number of rotatable bonds is 7. The van der Waals surface area contributed by atoms with Gasteiger partial charge in [0.2, 0.25) is 21.8 Å². The van der Waals surface area contributed by atoms with Gasteiger partial charge in [0.25, 0.3) is 0 Å². The van der Waals surface area contributed by atoms with E-state index in [1.54, 1.807) is 24.3 Å². The van der Waals surface area contributed by atoms with Crippen LogP contribution in [0.1, 0.15) is 32.6 Å². The second kappa shape index (κ2) is 9.93. The SMILES string of the molecule is CC(=O)Nc1ccc(S(=O)(=O)NCC2CCC(C(=O)Nc3ccc(O)cc3)CC2)cc1. The predicted octanol–water partition coefficient (Wildman–Crippen LogP) is 3.07. The molecule has 0 saturated heterocycles. The van der Waals surface area contributed by atoms with Gasteiger partial charge in [-0.1, -0.05) is 0 Å². The zero-order valence-electron chi connectivity index (χ0n) is 17.3. The highest BCUT2D eigenvalue weighted by Crippen LogP contribution is 2.30. The fourth-order valence-corrected chi connectivity index (χ4v) is 4.77. The van der Waals surface area contributed by atoms with Gasteiger partial charge in [0.1, 0.15) is 5.75 Å². The summed E-state index contributed by atoms with van der Waals surface area (Å²) in [6.07, 6.45) is 2.92. The maximum atomic E-state index is 12.5. The van der Waals surface area contributed by atoms with Crippen molar-refractivity contribution in [3.8, 4) is 5.75 Å². The van der Waals surface area contributed by atoms with Crippen LogP contribution in [0.2, 0.25) is 0 Å². The summed E-state index contributed by atoms with van der Waals surface area (Å²) in [7, 11) is -3.64. The van der Waals surface area contributed by atoms with Crippen LogP contribution in [0.25, 0.3) is 0 Å². The molecule has 0 heterocycles. The lowest BCUT2D eigenvalue weighted by molar-refractivity contribution is -0.121. The Kier molecular flexibility index (Phi) is 7.29. The molecule has 2 aromatic carbocycles. The Morgan fingerprint density at radius 2 is 1.45 bits per heavy atom. The van der Waals surface area contributed by atoms with Crippen molar-refractivity contribution in [2.24, 2.45) is 11.8 Å². The molecule has 9 heteroatoms. The number of anilines is 2. The minimum Gasteiger partial charge on any atom is -0.508 e. The van der Waals surface area contributed by atoms with Crippen molar-refractivity contribution in [1.29, 1.82) is 0 Å². The minimum atomic E-state index is -3.64. The van der Waals surface area contributed by atoms with E-state index in [-0.39, 0.29) is 34.3 Å². The fraction of sp³-hybridized carbons (Fsp3) is 0.364. The molecule has 1 aliphatic rings. The van der Waals surface area contributed by atoms with Crippen LogP contribution in [0.5, 0.6) is 5.75 Å². The second-order valence-electron chi connectivity index (χ2n) is 7.81. The lowest BCUT2D eigenvalue weighted by Crippen LogP contribution is -2.33. The molecule has 2 aromatic rings. The average molecular weight is 446 g/mol. The first kappa shape index (κ1) is 22.8.